The SMILES string of the molecule is CC(C(=O)N1CCC(c2nccs2)CC1)C1CNC1.Cl.Cl. The van der Waals surface area contributed by atoms with Crippen LogP contribution in [0.5, 0.6) is 0 Å². The average molecular weight is 352 g/mol. The molecule has 120 valence electrons. The molecule has 21 heavy (non-hydrogen) atoms. The van der Waals surface area contributed by atoms with Crippen LogP contribution in [0.15, 0.2) is 11.6 Å². The summed E-state index contributed by atoms with van der Waals surface area (Å²) in [4.78, 5) is 18.9. The lowest BCUT2D eigenvalue weighted by molar-refractivity contribution is -0.138. The monoisotopic (exact) mass is 351 g/mol. The normalized spacial score (nSPS) is 20.9. The summed E-state index contributed by atoms with van der Waals surface area (Å²) in [6.45, 7) is 5.88. The molecule has 1 N–H and O–H groups in total. The first-order valence-electron chi connectivity index (χ1n) is 7.14. The number of carbonyl (C=O) groups excluding carboxylic acids is 1. The summed E-state index contributed by atoms with van der Waals surface area (Å²) in [5.74, 6) is 1.63. The highest BCUT2D eigenvalue weighted by molar-refractivity contribution is 7.09. The number of likely N-dealkylation sites (tertiary alicyclic amines) is 1. The first-order valence-corrected chi connectivity index (χ1v) is 8.02. The number of piperidine rings is 1. The average Bonchev–Trinajstić information content (AvgIpc) is 2.90. The Bertz CT molecular complexity index is 431. The Morgan fingerprint density at radius 2 is 2.05 bits per heavy atom. The highest BCUT2D eigenvalue weighted by Gasteiger charge is 2.33. The second-order valence-corrected chi connectivity index (χ2v) is 6.60. The smallest absolute Gasteiger partial charge is 0.225 e. The van der Waals surface area contributed by atoms with Crippen molar-refractivity contribution in [3.05, 3.63) is 16.6 Å². The third-order valence-corrected chi connectivity index (χ3v) is 5.46. The second-order valence-electron chi connectivity index (χ2n) is 5.68. The van der Waals surface area contributed by atoms with Crippen molar-refractivity contribution < 1.29 is 4.79 Å². The van der Waals surface area contributed by atoms with Crippen molar-refractivity contribution in [1.82, 2.24) is 15.2 Å². The quantitative estimate of drug-likeness (QED) is 0.909. The number of hydrogen-bond acceptors (Lipinski definition) is 4. The van der Waals surface area contributed by atoms with Crippen LogP contribution in [-0.2, 0) is 4.79 Å². The number of hydrogen-bond donors (Lipinski definition) is 1. The van der Waals surface area contributed by atoms with Gasteiger partial charge in [-0.25, -0.2) is 4.98 Å². The van der Waals surface area contributed by atoms with Gasteiger partial charge in [0.1, 0.15) is 0 Å². The number of thiazole rings is 1. The number of halogens is 2. The highest BCUT2D eigenvalue weighted by Crippen LogP contribution is 2.30. The molecule has 1 unspecified atom stereocenters. The number of nitrogens with zero attached hydrogens (tertiary/aromatic N) is 2. The van der Waals surface area contributed by atoms with Gasteiger partial charge >= 0.3 is 0 Å². The largest absolute Gasteiger partial charge is 0.342 e. The zero-order chi connectivity index (χ0) is 13.2. The van der Waals surface area contributed by atoms with Gasteiger partial charge < -0.3 is 10.2 Å². The third kappa shape index (κ3) is 4.09. The number of rotatable bonds is 3. The van der Waals surface area contributed by atoms with Crippen LogP contribution in [0.3, 0.4) is 0 Å². The lowest BCUT2D eigenvalue weighted by Gasteiger charge is -2.37. The molecule has 2 fully saturated rings. The van der Waals surface area contributed by atoms with Crippen molar-refractivity contribution in [1.29, 1.82) is 0 Å². The lowest BCUT2D eigenvalue weighted by atomic mass is 9.87. The van der Waals surface area contributed by atoms with Crippen LogP contribution in [0, 0.1) is 11.8 Å². The van der Waals surface area contributed by atoms with Gasteiger partial charge in [-0.2, -0.15) is 0 Å². The summed E-state index contributed by atoms with van der Waals surface area (Å²) in [6.07, 6.45) is 4.01. The molecule has 4 nitrogen and oxygen atoms in total. The summed E-state index contributed by atoms with van der Waals surface area (Å²) < 4.78 is 0. The second kappa shape index (κ2) is 8.32. The summed E-state index contributed by atoms with van der Waals surface area (Å²) in [5, 5.41) is 6.53. The summed E-state index contributed by atoms with van der Waals surface area (Å²) in [7, 11) is 0. The molecule has 3 rings (SSSR count). The van der Waals surface area contributed by atoms with Gasteiger partial charge in [0.15, 0.2) is 0 Å². The Morgan fingerprint density at radius 1 is 1.38 bits per heavy atom. The van der Waals surface area contributed by atoms with Gasteiger partial charge in [0, 0.05) is 36.5 Å². The van der Waals surface area contributed by atoms with E-state index in [1.54, 1.807) is 11.3 Å². The fourth-order valence-electron chi connectivity index (χ4n) is 2.94. The summed E-state index contributed by atoms with van der Waals surface area (Å²) in [6, 6.07) is 0. The van der Waals surface area contributed by atoms with E-state index in [4.69, 9.17) is 0 Å². The number of aromatic nitrogens is 1. The molecule has 7 heteroatoms. The zero-order valence-electron chi connectivity index (χ0n) is 12.2. The Hall–Kier alpha value is -0.360. The zero-order valence-corrected chi connectivity index (χ0v) is 14.6. The number of amides is 1. The molecule has 2 saturated heterocycles. The number of nitrogens with one attached hydrogen (secondary N) is 1. The van der Waals surface area contributed by atoms with E-state index in [0.717, 1.165) is 39.0 Å². The van der Waals surface area contributed by atoms with E-state index in [-0.39, 0.29) is 30.7 Å². The van der Waals surface area contributed by atoms with Crippen LogP contribution in [0.2, 0.25) is 0 Å². The molecule has 2 aliphatic heterocycles. The van der Waals surface area contributed by atoms with Gasteiger partial charge in [0.25, 0.3) is 0 Å². The molecule has 3 heterocycles. The fraction of sp³-hybridized carbons (Fsp3) is 0.714. The topological polar surface area (TPSA) is 45.2 Å². The fourth-order valence-corrected chi connectivity index (χ4v) is 3.75. The molecule has 0 bridgehead atoms. The van der Waals surface area contributed by atoms with Crippen molar-refractivity contribution in [2.45, 2.75) is 25.7 Å². The van der Waals surface area contributed by atoms with Crippen molar-refractivity contribution in [3.8, 4) is 0 Å². The van der Waals surface area contributed by atoms with Gasteiger partial charge in [-0.15, -0.1) is 36.2 Å². The molecular weight excluding hydrogens is 329 g/mol. The van der Waals surface area contributed by atoms with Crippen molar-refractivity contribution in [3.63, 3.8) is 0 Å². The minimum Gasteiger partial charge on any atom is -0.342 e. The van der Waals surface area contributed by atoms with Gasteiger partial charge in [-0.05, 0) is 31.8 Å². The third-order valence-electron chi connectivity index (χ3n) is 4.52. The Labute approximate surface area is 142 Å². The highest BCUT2D eigenvalue weighted by atomic mass is 35.5. The molecule has 0 aromatic carbocycles. The first-order chi connectivity index (χ1) is 9.25. The predicted molar refractivity (Wildman–Crippen MR) is 90.7 cm³/mol. The predicted octanol–water partition coefficient (Wildman–Crippen LogP) is 2.55. The Balaban J connectivity index is 0.00000110. The first kappa shape index (κ1) is 18.7. The van der Waals surface area contributed by atoms with Crippen LogP contribution in [-0.4, -0.2) is 42.0 Å². The number of carbonyl (C=O) groups is 1. The minimum atomic E-state index is 0. The van der Waals surface area contributed by atoms with E-state index in [1.807, 2.05) is 11.6 Å². The van der Waals surface area contributed by atoms with E-state index in [1.165, 1.54) is 5.01 Å². The van der Waals surface area contributed by atoms with Gasteiger partial charge in [0.2, 0.25) is 5.91 Å². The van der Waals surface area contributed by atoms with Crippen LogP contribution in [0.1, 0.15) is 30.7 Å². The van der Waals surface area contributed by atoms with Crippen LogP contribution in [0.4, 0.5) is 0 Å². The van der Waals surface area contributed by atoms with Crippen LogP contribution >= 0.6 is 36.2 Å². The maximum atomic E-state index is 12.4. The Kier molecular flexibility index (Phi) is 7.40. The van der Waals surface area contributed by atoms with E-state index >= 15 is 0 Å². The van der Waals surface area contributed by atoms with Crippen molar-refractivity contribution >= 4 is 42.1 Å². The van der Waals surface area contributed by atoms with Crippen molar-refractivity contribution in [2.75, 3.05) is 26.2 Å². The Morgan fingerprint density at radius 3 is 2.52 bits per heavy atom. The van der Waals surface area contributed by atoms with E-state index in [9.17, 15) is 4.79 Å². The van der Waals surface area contributed by atoms with Crippen LogP contribution < -0.4 is 5.32 Å². The lowest BCUT2D eigenvalue weighted by Crippen LogP contribution is -2.51. The molecule has 0 aliphatic carbocycles. The van der Waals surface area contributed by atoms with E-state index < -0.39 is 0 Å². The minimum absolute atomic E-state index is 0. The summed E-state index contributed by atoms with van der Waals surface area (Å²) in [5.41, 5.74) is 0. The van der Waals surface area contributed by atoms with Gasteiger partial charge in [0.05, 0.1) is 5.01 Å². The standard InChI is InChI=1S/C14H21N3OS.2ClH/c1-10(12-8-15-9-12)14(18)17-5-2-11(3-6-17)13-16-4-7-19-13;;/h4,7,10-12,15H,2-3,5-6,8-9H2,1H3;2*1H. The van der Waals surface area contributed by atoms with Crippen LogP contribution in [0.25, 0.3) is 0 Å². The maximum absolute atomic E-state index is 12.4. The molecule has 1 aromatic rings. The molecule has 1 aromatic heterocycles. The van der Waals surface area contributed by atoms with Gasteiger partial charge in [-0.1, -0.05) is 6.92 Å². The molecule has 1 amide bonds. The molecule has 1 atom stereocenters. The molecular formula is C14H23Cl2N3OS. The summed E-state index contributed by atoms with van der Waals surface area (Å²) >= 11 is 1.74. The molecule has 0 saturated carbocycles. The maximum Gasteiger partial charge on any atom is 0.225 e. The van der Waals surface area contributed by atoms with E-state index in [2.05, 4.69) is 22.1 Å². The van der Waals surface area contributed by atoms with E-state index in [0.29, 0.717) is 17.7 Å². The van der Waals surface area contributed by atoms with Crippen molar-refractivity contribution in [2.24, 2.45) is 11.8 Å². The molecule has 0 spiro atoms. The molecule has 2 aliphatic rings. The molecule has 0 radical (unpaired) electrons. The van der Waals surface area contributed by atoms with Gasteiger partial charge in [-0.3, -0.25) is 4.79 Å².